The Morgan fingerprint density at radius 3 is 2.78 bits per heavy atom. The molecule has 2 saturated heterocycles. The van der Waals surface area contributed by atoms with Crippen molar-refractivity contribution in [2.45, 2.75) is 31.4 Å². The molecule has 126 valence electrons. The van der Waals surface area contributed by atoms with Crippen LogP contribution in [-0.2, 0) is 4.79 Å². The summed E-state index contributed by atoms with van der Waals surface area (Å²) >= 11 is 12.3. The summed E-state index contributed by atoms with van der Waals surface area (Å²) in [5, 5.41) is 20.5. The molecule has 7 heteroatoms. The topological polar surface area (TPSA) is 64.0 Å². The molecule has 1 amide bonds. The number of β-amino-alcohol motifs (C(OH)–C–C–N with tert-alkyl or cyclic N) is 1. The van der Waals surface area contributed by atoms with Gasteiger partial charge in [0.1, 0.15) is 5.75 Å². The molecule has 1 aromatic carbocycles. The van der Waals surface area contributed by atoms with Gasteiger partial charge in [0.25, 0.3) is 0 Å². The van der Waals surface area contributed by atoms with Crippen LogP contribution in [0.15, 0.2) is 12.1 Å². The standard InChI is InChI=1S/C16H20Cl2N2O3/c1-9(21)5-19-7-11-4-10(6-20(11)14(23)8-19)15-13(22)3-2-12(17)16(15)18/h2-3,9-11,21-22H,4-8H2,1H3/t9-,10-,11-/m0/s1. The average molecular weight is 359 g/mol. The molecule has 0 radical (unpaired) electrons. The van der Waals surface area contributed by atoms with Crippen LogP contribution < -0.4 is 0 Å². The Kier molecular flexibility index (Phi) is 4.74. The molecule has 0 bridgehead atoms. The van der Waals surface area contributed by atoms with Crippen molar-refractivity contribution in [1.82, 2.24) is 9.80 Å². The maximum atomic E-state index is 12.4. The van der Waals surface area contributed by atoms with Crippen LogP contribution in [-0.4, -0.2) is 64.2 Å². The number of rotatable bonds is 3. The van der Waals surface area contributed by atoms with Crippen molar-refractivity contribution in [2.75, 3.05) is 26.2 Å². The zero-order chi connectivity index (χ0) is 16.7. The molecular formula is C16H20Cl2N2O3. The van der Waals surface area contributed by atoms with Gasteiger partial charge in [0.15, 0.2) is 0 Å². The summed E-state index contributed by atoms with van der Waals surface area (Å²) in [5.41, 5.74) is 0.628. The second kappa shape index (κ2) is 6.48. The predicted molar refractivity (Wildman–Crippen MR) is 89.1 cm³/mol. The van der Waals surface area contributed by atoms with E-state index in [9.17, 15) is 15.0 Å². The summed E-state index contributed by atoms with van der Waals surface area (Å²) in [6.45, 7) is 3.80. The Labute approximate surface area is 145 Å². The molecular weight excluding hydrogens is 339 g/mol. The molecule has 1 aromatic rings. The number of hydrogen-bond acceptors (Lipinski definition) is 4. The normalized spacial score (nSPS) is 26.4. The number of phenolic OH excluding ortho intramolecular Hbond substituents is 1. The van der Waals surface area contributed by atoms with Crippen LogP contribution in [0.2, 0.25) is 10.0 Å². The van der Waals surface area contributed by atoms with Gasteiger partial charge in [-0.3, -0.25) is 9.69 Å². The van der Waals surface area contributed by atoms with E-state index in [0.717, 1.165) is 13.0 Å². The maximum Gasteiger partial charge on any atom is 0.237 e. The fourth-order valence-corrected chi connectivity index (χ4v) is 4.19. The minimum absolute atomic E-state index is 0.0263. The molecule has 2 N–H and O–H groups in total. The molecule has 0 saturated carbocycles. The first kappa shape index (κ1) is 16.8. The quantitative estimate of drug-likeness (QED) is 0.868. The molecule has 2 heterocycles. The molecule has 5 nitrogen and oxygen atoms in total. The summed E-state index contributed by atoms with van der Waals surface area (Å²) in [4.78, 5) is 16.2. The highest BCUT2D eigenvalue weighted by molar-refractivity contribution is 6.42. The Bertz CT molecular complexity index is 624. The second-order valence-electron chi connectivity index (χ2n) is 6.47. The van der Waals surface area contributed by atoms with Crippen molar-refractivity contribution in [1.29, 1.82) is 0 Å². The third kappa shape index (κ3) is 3.29. The number of nitrogens with zero attached hydrogens (tertiary/aromatic N) is 2. The van der Waals surface area contributed by atoms with Gasteiger partial charge >= 0.3 is 0 Å². The van der Waals surface area contributed by atoms with Gasteiger partial charge in [0.05, 0.1) is 22.7 Å². The van der Waals surface area contributed by atoms with E-state index in [-0.39, 0.29) is 23.6 Å². The molecule has 0 unspecified atom stereocenters. The van der Waals surface area contributed by atoms with Crippen molar-refractivity contribution >= 4 is 29.1 Å². The van der Waals surface area contributed by atoms with Crippen LogP contribution in [0.4, 0.5) is 0 Å². The predicted octanol–water partition coefficient (Wildman–Crippen LogP) is 2.08. The lowest BCUT2D eigenvalue weighted by atomic mass is 9.95. The summed E-state index contributed by atoms with van der Waals surface area (Å²) in [7, 11) is 0. The van der Waals surface area contributed by atoms with Crippen molar-refractivity contribution in [3.8, 4) is 5.75 Å². The SMILES string of the molecule is C[C@H](O)CN1CC(=O)N2C[C@@H](c3c(O)ccc(Cl)c3Cl)C[C@H]2C1. The number of piperazine rings is 1. The third-order valence-corrected chi connectivity index (χ3v) is 5.42. The zero-order valence-corrected chi connectivity index (χ0v) is 14.4. The van der Waals surface area contributed by atoms with E-state index in [1.807, 2.05) is 9.80 Å². The summed E-state index contributed by atoms with van der Waals surface area (Å²) in [6.07, 6.45) is 0.272. The number of amides is 1. The first-order valence-electron chi connectivity index (χ1n) is 7.73. The van der Waals surface area contributed by atoms with Crippen LogP contribution in [0.3, 0.4) is 0 Å². The number of hydrogen-bond donors (Lipinski definition) is 2. The molecule has 2 fully saturated rings. The minimum Gasteiger partial charge on any atom is -0.508 e. The van der Waals surface area contributed by atoms with E-state index >= 15 is 0 Å². The Morgan fingerprint density at radius 2 is 2.09 bits per heavy atom. The molecule has 2 aliphatic rings. The summed E-state index contributed by atoms with van der Waals surface area (Å²) < 4.78 is 0. The fourth-order valence-electron chi connectivity index (χ4n) is 3.71. The van der Waals surface area contributed by atoms with Crippen molar-refractivity contribution < 1.29 is 15.0 Å². The van der Waals surface area contributed by atoms with Crippen LogP contribution in [0.5, 0.6) is 5.75 Å². The Balaban J connectivity index is 1.81. The molecule has 3 atom stereocenters. The number of fused-ring (bicyclic) bond motifs is 1. The van der Waals surface area contributed by atoms with Gasteiger partial charge in [-0.15, -0.1) is 0 Å². The van der Waals surface area contributed by atoms with Crippen molar-refractivity contribution in [3.63, 3.8) is 0 Å². The summed E-state index contributed by atoms with van der Waals surface area (Å²) in [5.74, 6) is 0.154. The van der Waals surface area contributed by atoms with Gasteiger partial charge in [-0.2, -0.15) is 0 Å². The van der Waals surface area contributed by atoms with Gasteiger partial charge in [0, 0.05) is 37.2 Å². The van der Waals surface area contributed by atoms with E-state index in [1.165, 1.54) is 0 Å². The van der Waals surface area contributed by atoms with Crippen LogP contribution >= 0.6 is 23.2 Å². The highest BCUT2D eigenvalue weighted by Gasteiger charge is 2.42. The number of aromatic hydroxyl groups is 1. The number of aliphatic hydroxyl groups is 1. The molecule has 3 rings (SSSR count). The van der Waals surface area contributed by atoms with Gasteiger partial charge in [-0.05, 0) is 25.5 Å². The first-order valence-corrected chi connectivity index (χ1v) is 8.49. The zero-order valence-electron chi connectivity index (χ0n) is 12.9. The lowest BCUT2D eigenvalue weighted by Crippen LogP contribution is -2.54. The van der Waals surface area contributed by atoms with Crippen molar-refractivity contribution in [2.24, 2.45) is 0 Å². The van der Waals surface area contributed by atoms with Crippen molar-refractivity contribution in [3.05, 3.63) is 27.7 Å². The molecule has 0 spiro atoms. The fraction of sp³-hybridized carbons (Fsp3) is 0.562. The van der Waals surface area contributed by atoms with Crippen LogP contribution in [0.25, 0.3) is 0 Å². The summed E-state index contributed by atoms with van der Waals surface area (Å²) in [6, 6.07) is 3.19. The van der Waals surface area contributed by atoms with E-state index in [0.29, 0.717) is 35.2 Å². The molecule has 2 aliphatic heterocycles. The Hall–Kier alpha value is -1.01. The second-order valence-corrected chi connectivity index (χ2v) is 7.25. The number of aliphatic hydroxyl groups excluding tert-OH is 1. The van der Waals surface area contributed by atoms with Crippen LogP contribution in [0, 0.1) is 0 Å². The van der Waals surface area contributed by atoms with Crippen LogP contribution in [0.1, 0.15) is 24.8 Å². The van der Waals surface area contributed by atoms with Gasteiger partial charge < -0.3 is 15.1 Å². The van der Waals surface area contributed by atoms with Gasteiger partial charge in [-0.25, -0.2) is 0 Å². The highest BCUT2D eigenvalue weighted by Crippen LogP contribution is 2.43. The van der Waals surface area contributed by atoms with Gasteiger partial charge in [-0.1, -0.05) is 23.2 Å². The number of halogens is 2. The number of benzene rings is 1. The van der Waals surface area contributed by atoms with E-state index in [1.54, 1.807) is 19.1 Å². The average Bonchev–Trinajstić information content (AvgIpc) is 2.87. The molecule has 23 heavy (non-hydrogen) atoms. The third-order valence-electron chi connectivity index (χ3n) is 4.60. The highest BCUT2D eigenvalue weighted by atomic mass is 35.5. The lowest BCUT2D eigenvalue weighted by molar-refractivity contribution is -0.138. The first-order chi connectivity index (χ1) is 10.9. The maximum absolute atomic E-state index is 12.4. The number of carbonyl (C=O) groups is 1. The minimum atomic E-state index is -0.460. The van der Waals surface area contributed by atoms with E-state index in [2.05, 4.69) is 0 Å². The smallest absolute Gasteiger partial charge is 0.237 e. The number of carbonyl (C=O) groups excluding carboxylic acids is 1. The van der Waals surface area contributed by atoms with E-state index in [4.69, 9.17) is 23.2 Å². The van der Waals surface area contributed by atoms with Gasteiger partial charge in [0.2, 0.25) is 5.91 Å². The Morgan fingerprint density at radius 1 is 1.35 bits per heavy atom. The largest absolute Gasteiger partial charge is 0.508 e. The lowest BCUT2D eigenvalue weighted by Gasteiger charge is -2.37. The molecule has 0 aromatic heterocycles. The number of phenols is 1. The van der Waals surface area contributed by atoms with E-state index < -0.39 is 6.10 Å². The molecule has 0 aliphatic carbocycles. The monoisotopic (exact) mass is 358 g/mol.